The molecule has 2 fully saturated rings. The van der Waals surface area contributed by atoms with E-state index in [9.17, 15) is 4.79 Å². The molecule has 3 rings (SSSR count). The highest BCUT2D eigenvalue weighted by Crippen LogP contribution is 2.35. The molecule has 3 nitrogen and oxygen atoms in total. The van der Waals surface area contributed by atoms with Gasteiger partial charge in [0.05, 0.1) is 5.25 Å². The van der Waals surface area contributed by atoms with Crippen molar-refractivity contribution >= 4 is 30.1 Å². The average molecular weight is 327 g/mol. The van der Waals surface area contributed by atoms with Crippen LogP contribution in [0.25, 0.3) is 0 Å². The van der Waals surface area contributed by atoms with Gasteiger partial charge in [-0.15, -0.1) is 24.2 Å². The van der Waals surface area contributed by atoms with Crippen molar-refractivity contribution in [2.45, 2.75) is 24.0 Å². The SMILES string of the molecule is Cl.NC[C@@H]1CN(C(=O)C2CCCS2)C[C@H]1c1ccccc1. The molecule has 0 saturated carbocycles. The fourth-order valence-corrected chi connectivity index (χ4v) is 4.59. The van der Waals surface area contributed by atoms with Crippen molar-refractivity contribution in [3.05, 3.63) is 35.9 Å². The van der Waals surface area contributed by atoms with E-state index < -0.39 is 0 Å². The van der Waals surface area contributed by atoms with Gasteiger partial charge in [0, 0.05) is 19.0 Å². The smallest absolute Gasteiger partial charge is 0.235 e. The molecule has 0 bridgehead atoms. The minimum atomic E-state index is 0. The van der Waals surface area contributed by atoms with Gasteiger partial charge >= 0.3 is 0 Å². The molecule has 1 aromatic carbocycles. The Morgan fingerprint density at radius 1 is 1.29 bits per heavy atom. The topological polar surface area (TPSA) is 46.3 Å². The molecule has 0 aliphatic carbocycles. The van der Waals surface area contributed by atoms with Crippen LogP contribution < -0.4 is 5.73 Å². The van der Waals surface area contributed by atoms with E-state index in [1.807, 2.05) is 17.8 Å². The van der Waals surface area contributed by atoms with Crippen molar-refractivity contribution in [2.75, 3.05) is 25.4 Å². The maximum atomic E-state index is 12.6. The van der Waals surface area contributed by atoms with E-state index in [-0.39, 0.29) is 17.7 Å². The van der Waals surface area contributed by atoms with E-state index in [2.05, 4.69) is 29.2 Å². The van der Waals surface area contributed by atoms with Crippen LogP contribution in [0.5, 0.6) is 0 Å². The van der Waals surface area contributed by atoms with Crippen LogP contribution in [0.4, 0.5) is 0 Å². The summed E-state index contributed by atoms with van der Waals surface area (Å²) in [6, 6.07) is 10.5. The van der Waals surface area contributed by atoms with Gasteiger partial charge in [-0.25, -0.2) is 0 Å². The number of hydrogen-bond acceptors (Lipinski definition) is 3. The van der Waals surface area contributed by atoms with Gasteiger partial charge in [0.25, 0.3) is 0 Å². The number of benzene rings is 1. The van der Waals surface area contributed by atoms with Crippen molar-refractivity contribution in [2.24, 2.45) is 11.7 Å². The number of amides is 1. The highest BCUT2D eigenvalue weighted by atomic mass is 35.5. The van der Waals surface area contributed by atoms with Gasteiger partial charge < -0.3 is 10.6 Å². The lowest BCUT2D eigenvalue weighted by Gasteiger charge is -2.20. The van der Waals surface area contributed by atoms with Crippen molar-refractivity contribution in [3.63, 3.8) is 0 Å². The van der Waals surface area contributed by atoms with E-state index in [0.717, 1.165) is 25.3 Å². The lowest BCUT2D eigenvalue weighted by atomic mass is 9.89. The predicted molar refractivity (Wildman–Crippen MR) is 91.0 cm³/mol. The molecule has 1 aromatic rings. The number of likely N-dealkylation sites (tertiary alicyclic amines) is 1. The quantitative estimate of drug-likeness (QED) is 0.928. The van der Waals surface area contributed by atoms with Crippen LogP contribution >= 0.6 is 24.2 Å². The van der Waals surface area contributed by atoms with Gasteiger partial charge in [0.1, 0.15) is 0 Å². The number of nitrogens with two attached hydrogens (primary N) is 1. The summed E-state index contributed by atoms with van der Waals surface area (Å²) in [5.41, 5.74) is 7.25. The van der Waals surface area contributed by atoms with E-state index in [1.165, 1.54) is 12.0 Å². The zero-order valence-corrected chi connectivity index (χ0v) is 13.7. The summed E-state index contributed by atoms with van der Waals surface area (Å²) in [7, 11) is 0. The predicted octanol–water partition coefficient (Wildman–Crippen LogP) is 2.50. The average Bonchev–Trinajstić information content (AvgIpc) is 3.17. The number of rotatable bonds is 3. The van der Waals surface area contributed by atoms with Gasteiger partial charge in [0.2, 0.25) is 5.91 Å². The Bertz CT molecular complexity index is 465. The second-order valence-electron chi connectivity index (χ2n) is 5.76. The maximum Gasteiger partial charge on any atom is 0.235 e. The molecule has 3 atom stereocenters. The molecule has 2 heterocycles. The van der Waals surface area contributed by atoms with E-state index in [0.29, 0.717) is 24.3 Å². The van der Waals surface area contributed by atoms with Gasteiger partial charge in [-0.05, 0) is 36.6 Å². The van der Waals surface area contributed by atoms with Crippen LogP contribution in [0.2, 0.25) is 0 Å². The summed E-state index contributed by atoms with van der Waals surface area (Å²) < 4.78 is 0. The molecule has 2 saturated heterocycles. The van der Waals surface area contributed by atoms with Gasteiger partial charge in [0.15, 0.2) is 0 Å². The molecule has 1 amide bonds. The highest BCUT2D eigenvalue weighted by Gasteiger charge is 2.38. The molecule has 0 aromatic heterocycles. The molecular formula is C16H23ClN2OS. The first kappa shape index (κ1) is 16.7. The Labute approximate surface area is 137 Å². The fourth-order valence-electron chi connectivity index (χ4n) is 3.34. The van der Waals surface area contributed by atoms with Crippen LogP contribution in [0.3, 0.4) is 0 Å². The minimum Gasteiger partial charge on any atom is -0.341 e. The third-order valence-corrected chi connectivity index (χ3v) is 5.85. The van der Waals surface area contributed by atoms with E-state index in [4.69, 9.17) is 5.73 Å². The number of halogens is 1. The van der Waals surface area contributed by atoms with Crippen LogP contribution in [-0.2, 0) is 4.79 Å². The Balaban J connectivity index is 0.00000161. The van der Waals surface area contributed by atoms with Crippen molar-refractivity contribution in [1.82, 2.24) is 4.90 Å². The number of hydrogen-bond donors (Lipinski definition) is 1. The van der Waals surface area contributed by atoms with E-state index >= 15 is 0 Å². The number of thioether (sulfide) groups is 1. The molecule has 116 valence electrons. The first-order valence-electron chi connectivity index (χ1n) is 7.45. The first-order chi connectivity index (χ1) is 9.79. The number of nitrogens with zero attached hydrogens (tertiary/aromatic N) is 1. The molecular weight excluding hydrogens is 304 g/mol. The molecule has 0 spiro atoms. The lowest BCUT2D eigenvalue weighted by Crippen LogP contribution is -2.35. The van der Waals surface area contributed by atoms with E-state index in [1.54, 1.807) is 0 Å². The Morgan fingerprint density at radius 2 is 2.05 bits per heavy atom. The first-order valence-corrected chi connectivity index (χ1v) is 8.50. The standard InChI is InChI=1S/C16H22N2OS.ClH/c17-9-13-10-18(16(19)15-7-4-8-20-15)11-14(13)12-5-2-1-3-6-12;/h1-3,5-6,13-15H,4,7-11,17H2;1H/t13-,14+,15?;/m1./s1. The lowest BCUT2D eigenvalue weighted by molar-refractivity contribution is -0.129. The molecule has 0 radical (unpaired) electrons. The summed E-state index contributed by atoms with van der Waals surface area (Å²) in [4.78, 5) is 14.6. The van der Waals surface area contributed by atoms with Crippen molar-refractivity contribution in [3.8, 4) is 0 Å². The summed E-state index contributed by atoms with van der Waals surface area (Å²) in [6.45, 7) is 2.31. The molecule has 5 heteroatoms. The van der Waals surface area contributed by atoms with Crippen LogP contribution in [0.15, 0.2) is 30.3 Å². The van der Waals surface area contributed by atoms with Gasteiger partial charge in [-0.2, -0.15) is 0 Å². The molecule has 2 aliphatic rings. The number of carbonyl (C=O) groups excluding carboxylic acids is 1. The van der Waals surface area contributed by atoms with Crippen LogP contribution in [0.1, 0.15) is 24.3 Å². The third-order valence-electron chi connectivity index (χ3n) is 4.49. The van der Waals surface area contributed by atoms with Gasteiger partial charge in [-0.1, -0.05) is 30.3 Å². The fraction of sp³-hybridized carbons (Fsp3) is 0.562. The van der Waals surface area contributed by atoms with Crippen LogP contribution in [0, 0.1) is 5.92 Å². The Kier molecular flexibility index (Phi) is 5.97. The van der Waals surface area contributed by atoms with Gasteiger partial charge in [-0.3, -0.25) is 4.79 Å². The summed E-state index contributed by atoms with van der Waals surface area (Å²) in [6.07, 6.45) is 2.22. The maximum absolute atomic E-state index is 12.6. The molecule has 21 heavy (non-hydrogen) atoms. The zero-order chi connectivity index (χ0) is 13.9. The summed E-state index contributed by atoms with van der Waals surface area (Å²) in [5.74, 6) is 2.26. The second kappa shape index (κ2) is 7.52. The molecule has 2 aliphatic heterocycles. The number of carbonyl (C=O) groups is 1. The summed E-state index contributed by atoms with van der Waals surface area (Å²) in [5, 5.41) is 0.197. The normalized spacial score (nSPS) is 28.4. The third kappa shape index (κ3) is 3.55. The zero-order valence-electron chi connectivity index (χ0n) is 12.1. The molecule has 1 unspecified atom stereocenters. The highest BCUT2D eigenvalue weighted by molar-refractivity contribution is 8.00. The minimum absolute atomic E-state index is 0. The summed E-state index contributed by atoms with van der Waals surface area (Å²) >= 11 is 1.82. The van der Waals surface area contributed by atoms with Crippen LogP contribution in [-0.4, -0.2) is 41.4 Å². The van der Waals surface area contributed by atoms with Crippen molar-refractivity contribution < 1.29 is 4.79 Å². The Hall–Kier alpha value is -0.710. The monoisotopic (exact) mass is 326 g/mol. The largest absolute Gasteiger partial charge is 0.341 e. The Morgan fingerprint density at radius 3 is 2.67 bits per heavy atom. The second-order valence-corrected chi connectivity index (χ2v) is 7.07. The molecule has 2 N–H and O–H groups in total. The van der Waals surface area contributed by atoms with Crippen molar-refractivity contribution in [1.29, 1.82) is 0 Å².